The predicted molar refractivity (Wildman–Crippen MR) is 62.6 cm³/mol. The van der Waals surface area contributed by atoms with E-state index in [1.54, 1.807) is 25.6 Å². The van der Waals surface area contributed by atoms with Crippen LogP contribution in [0.4, 0.5) is 0 Å². The van der Waals surface area contributed by atoms with Gasteiger partial charge in [0.15, 0.2) is 5.06 Å². The van der Waals surface area contributed by atoms with E-state index < -0.39 is 0 Å². The first-order valence-electron chi connectivity index (χ1n) is 4.06. The second-order valence-corrected chi connectivity index (χ2v) is 4.63. The van der Waals surface area contributed by atoms with Crippen LogP contribution in [0, 0.1) is 0 Å². The van der Waals surface area contributed by atoms with Crippen LogP contribution in [0.3, 0.4) is 0 Å². The summed E-state index contributed by atoms with van der Waals surface area (Å²) in [6.07, 6.45) is 0. The predicted octanol–water partition coefficient (Wildman–Crippen LogP) is 3.68. The van der Waals surface area contributed by atoms with Crippen molar-refractivity contribution in [2.24, 2.45) is 0 Å². The Morgan fingerprint density at radius 2 is 2.00 bits per heavy atom. The fourth-order valence-electron chi connectivity index (χ4n) is 1.32. The lowest BCUT2D eigenvalue weighted by Crippen LogP contribution is -1.82. The number of fused-ring (bicyclic) bond motifs is 1. The lowest BCUT2D eigenvalue weighted by Gasteiger charge is -2.01. The van der Waals surface area contributed by atoms with Crippen LogP contribution in [0.2, 0.25) is 0 Å². The van der Waals surface area contributed by atoms with Gasteiger partial charge in [-0.1, -0.05) is 11.3 Å². The standard InChI is InChI=1S/C10H9BrO2S/c1-12-8-4-3-7(11)10-6(8)5-9(13-2)14-10/h3-5H,1-2H3. The Hall–Kier alpha value is -0.740. The molecule has 0 amide bonds. The van der Waals surface area contributed by atoms with Crippen molar-refractivity contribution in [3.63, 3.8) is 0 Å². The Labute approximate surface area is 94.6 Å². The van der Waals surface area contributed by atoms with Gasteiger partial charge < -0.3 is 9.47 Å². The zero-order chi connectivity index (χ0) is 10.1. The smallest absolute Gasteiger partial charge is 0.174 e. The quantitative estimate of drug-likeness (QED) is 0.831. The number of hydrogen-bond donors (Lipinski definition) is 0. The number of halogens is 1. The Bertz CT molecular complexity index is 464. The van der Waals surface area contributed by atoms with Gasteiger partial charge in [0.1, 0.15) is 5.75 Å². The van der Waals surface area contributed by atoms with E-state index >= 15 is 0 Å². The average molecular weight is 273 g/mol. The highest BCUT2D eigenvalue weighted by Gasteiger charge is 2.09. The van der Waals surface area contributed by atoms with Gasteiger partial charge in [-0.05, 0) is 28.1 Å². The van der Waals surface area contributed by atoms with Gasteiger partial charge >= 0.3 is 0 Å². The maximum absolute atomic E-state index is 5.27. The van der Waals surface area contributed by atoms with E-state index in [0.717, 1.165) is 25.4 Å². The van der Waals surface area contributed by atoms with E-state index in [9.17, 15) is 0 Å². The van der Waals surface area contributed by atoms with Crippen LogP contribution in [-0.4, -0.2) is 14.2 Å². The molecule has 0 aliphatic carbocycles. The van der Waals surface area contributed by atoms with Gasteiger partial charge in [0.05, 0.1) is 18.9 Å². The molecule has 0 atom stereocenters. The Balaban J connectivity index is 2.74. The zero-order valence-electron chi connectivity index (χ0n) is 7.83. The van der Waals surface area contributed by atoms with E-state index in [1.807, 2.05) is 18.2 Å². The van der Waals surface area contributed by atoms with Crippen LogP contribution in [0.25, 0.3) is 10.1 Å². The number of benzene rings is 1. The first-order valence-corrected chi connectivity index (χ1v) is 5.67. The molecule has 1 heterocycles. The molecular weight excluding hydrogens is 264 g/mol. The Morgan fingerprint density at radius 3 is 2.64 bits per heavy atom. The van der Waals surface area contributed by atoms with Crippen molar-refractivity contribution < 1.29 is 9.47 Å². The fourth-order valence-corrected chi connectivity index (χ4v) is 2.81. The second-order valence-electron chi connectivity index (χ2n) is 2.76. The van der Waals surface area contributed by atoms with Crippen molar-refractivity contribution in [2.45, 2.75) is 0 Å². The Kier molecular flexibility index (Phi) is 2.65. The average Bonchev–Trinajstić information content (AvgIpc) is 2.63. The third-order valence-corrected chi connectivity index (χ3v) is 4.05. The van der Waals surface area contributed by atoms with Gasteiger partial charge in [-0.3, -0.25) is 0 Å². The van der Waals surface area contributed by atoms with Crippen LogP contribution in [0.5, 0.6) is 10.8 Å². The molecule has 1 aromatic heterocycles. The number of hydrogen-bond acceptors (Lipinski definition) is 3. The maximum Gasteiger partial charge on any atom is 0.174 e. The summed E-state index contributed by atoms with van der Waals surface area (Å²) >= 11 is 5.11. The van der Waals surface area contributed by atoms with E-state index in [2.05, 4.69) is 15.9 Å². The monoisotopic (exact) mass is 272 g/mol. The topological polar surface area (TPSA) is 18.5 Å². The normalized spacial score (nSPS) is 10.5. The number of rotatable bonds is 2. The summed E-state index contributed by atoms with van der Waals surface area (Å²) < 4.78 is 12.7. The molecule has 0 saturated carbocycles. The minimum Gasteiger partial charge on any atom is -0.496 e. The van der Waals surface area contributed by atoms with Gasteiger partial charge in [-0.15, -0.1) is 0 Å². The van der Waals surface area contributed by atoms with Crippen LogP contribution < -0.4 is 9.47 Å². The van der Waals surface area contributed by atoms with Crippen molar-refractivity contribution in [3.8, 4) is 10.8 Å². The van der Waals surface area contributed by atoms with E-state index in [1.165, 1.54) is 0 Å². The summed E-state index contributed by atoms with van der Waals surface area (Å²) in [5, 5.41) is 1.98. The highest BCUT2D eigenvalue weighted by Crippen LogP contribution is 2.40. The molecule has 0 N–H and O–H groups in total. The third kappa shape index (κ3) is 1.48. The first kappa shape index (κ1) is 9.80. The molecule has 1 aromatic carbocycles. The van der Waals surface area contributed by atoms with Gasteiger partial charge in [-0.2, -0.15) is 0 Å². The molecule has 0 bridgehead atoms. The lowest BCUT2D eigenvalue weighted by molar-refractivity contribution is 0.418. The summed E-state index contributed by atoms with van der Waals surface area (Å²) in [6.45, 7) is 0. The summed E-state index contributed by atoms with van der Waals surface area (Å²) in [5.74, 6) is 0.878. The largest absolute Gasteiger partial charge is 0.496 e. The minimum atomic E-state index is 0.878. The molecule has 0 aliphatic heterocycles. The van der Waals surface area contributed by atoms with Gasteiger partial charge in [0.2, 0.25) is 0 Å². The van der Waals surface area contributed by atoms with Crippen molar-refractivity contribution in [2.75, 3.05) is 14.2 Å². The molecule has 0 radical (unpaired) electrons. The van der Waals surface area contributed by atoms with Crippen LogP contribution >= 0.6 is 27.3 Å². The van der Waals surface area contributed by atoms with Gasteiger partial charge in [0, 0.05) is 15.9 Å². The molecule has 0 saturated heterocycles. The van der Waals surface area contributed by atoms with E-state index in [-0.39, 0.29) is 0 Å². The maximum atomic E-state index is 5.27. The SMILES string of the molecule is COc1cc2c(OC)ccc(Br)c2s1. The number of thiophene rings is 1. The summed E-state index contributed by atoms with van der Waals surface area (Å²) in [7, 11) is 3.35. The van der Waals surface area contributed by atoms with E-state index in [0.29, 0.717) is 0 Å². The molecule has 2 nitrogen and oxygen atoms in total. The fraction of sp³-hybridized carbons (Fsp3) is 0.200. The molecular formula is C10H9BrO2S. The van der Waals surface area contributed by atoms with Crippen LogP contribution in [0.1, 0.15) is 0 Å². The first-order chi connectivity index (χ1) is 6.76. The van der Waals surface area contributed by atoms with Crippen molar-refractivity contribution in [1.82, 2.24) is 0 Å². The molecule has 0 aliphatic rings. The molecule has 4 heteroatoms. The van der Waals surface area contributed by atoms with Gasteiger partial charge in [0.25, 0.3) is 0 Å². The van der Waals surface area contributed by atoms with Crippen molar-refractivity contribution in [3.05, 3.63) is 22.7 Å². The molecule has 2 aromatic rings. The molecule has 0 fully saturated rings. The zero-order valence-corrected chi connectivity index (χ0v) is 10.2. The number of methoxy groups -OCH3 is 2. The molecule has 0 spiro atoms. The summed E-state index contributed by atoms with van der Waals surface area (Å²) in [5.41, 5.74) is 0. The van der Waals surface area contributed by atoms with Crippen molar-refractivity contribution in [1.29, 1.82) is 0 Å². The molecule has 0 unspecified atom stereocenters. The van der Waals surface area contributed by atoms with Crippen LogP contribution in [0.15, 0.2) is 22.7 Å². The Morgan fingerprint density at radius 1 is 1.21 bits per heavy atom. The lowest BCUT2D eigenvalue weighted by atomic mass is 10.2. The number of ether oxygens (including phenoxy) is 2. The van der Waals surface area contributed by atoms with Gasteiger partial charge in [-0.25, -0.2) is 0 Å². The van der Waals surface area contributed by atoms with Crippen molar-refractivity contribution >= 4 is 37.4 Å². The summed E-state index contributed by atoms with van der Waals surface area (Å²) in [4.78, 5) is 0. The third-order valence-electron chi connectivity index (χ3n) is 1.99. The highest BCUT2D eigenvalue weighted by molar-refractivity contribution is 9.10. The van der Waals surface area contributed by atoms with E-state index in [4.69, 9.17) is 9.47 Å². The second kappa shape index (κ2) is 3.79. The molecule has 14 heavy (non-hydrogen) atoms. The minimum absolute atomic E-state index is 0.878. The summed E-state index contributed by atoms with van der Waals surface area (Å²) in [6, 6.07) is 5.92. The van der Waals surface area contributed by atoms with Crippen LogP contribution in [-0.2, 0) is 0 Å². The molecule has 74 valence electrons. The highest BCUT2D eigenvalue weighted by atomic mass is 79.9. The molecule has 2 rings (SSSR count).